The van der Waals surface area contributed by atoms with Crippen LogP contribution >= 0.6 is 23.2 Å². The average molecular weight is 722 g/mol. The summed E-state index contributed by atoms with van der Waals surface area (Å²) in [7, 11) is -7.53. The van der Waals surface area contributed by atoms with Gasteiger partial charge >= 0.3 is 0 Å². The van der Waals surface area contributed by atoms with Crippen molar-refractivity contribution in [3.05, 3.63) is 106 Å². The van der Waals surface area contributed by atoms with Gasteiger partial charge in [-0.3, -0.25) is 4.79 Å². The summed E-state index contributed by atoms with van der Waals surface area (Å²) in [5, 5.41) is 5.95. The number of halogens is 2. The van der Waals surface area contributed by atoms with Crippen LogP contribution in [0.5, 0.6) is 23.0 Å². The quantitative estimate of drug-likeness (QED) is 0.194. The fourth-order valence-electron chi connectivity index (χ4n) is 3.96. The lowest BCUT2D eigenvalue weighted by Gasteiger charge is -2.08. The molecule has 4 aromatic rings. The number of nitrogens with two attached hydrogens (primary N) is 1. The Balaban J connectivity index is 0.000000178. The van der Waals surface area contributed by atoms with E-state index in [1.165, 1.54) is 30.5 Å². The number of rotatable bonds is 5. The zero-order valence-corrected chi connectivity index (χ0v) is 27.9. The number of hydrogen-bond acceptors (Lipinski definition) is 9. The van der Waals surface area contributed by atoms with E-state index in [2.05, 4.69) is 4.40 Å². The third-order valence-electron chi connectivity index (χ3n) is 6.33. The number of hydrogen-bond donors (Lipinski definition) is 1. The van der Waals surface area contributed by atoms with E-state index in [9.17, 15) is 21.6 Å². The Labute approximate surface area is 283 Å². The second kappa shape index (κ2) is 16.6. The number of aldehydes is 1. The smallest absolute Gasteiger partial charge is 0.282 e. The molecule has 2 aliphatic heterocycles. The average Bonchev–Trinajstić information content (AvgIpc) is 3.45. The van der Waals surface area contributed by atoms with Gasteiger partial charge in [0, 0.05) is 47.3 Å². The molecule has 0 aliphatic carbocycles. The summed E-state index contributed by atoms with van der Waals surface area (Å²) in [5.41, 5.74) is 1.08. The summed E-state index contributed by atoms with van der Waals surface area (Å²) in [6.07, 6.45) is 3.50. The molecule has 248 valence electrons. The number of carbonyl (C=O) groups excluding carboxylic acids is 1. The molecule has 11 nitrogen and oxygen atoms in total. The lowest BCUT2D eigenvalue weighted by molar-refractivity contribution is 0.112. The number of primary sulfonamides is 1. The van der Waals surface area contributed by atoms with Crippen molar-refractivity contribution in [3.63, 3.8) is 0 Å². The molecule has 2 N–H and O–H groups in total. The number of fused-ring (bicyclic) bond motifs is 2. The van der Waals surface area contributed by atoms with Gasteiger partial charge in [0.2, 0.25) is 10.0 Å². The highest BCUT2D eigenvalue weighted by Crippen LogP contribution is 2.33. The normalized spacial score (nSPS) is 13.9. The Morgan fingerprint density at radius 1 is 0.617 bits per heavy atom. The van der Waals surface area contributed by atoms with Crippen molar-refractivity contribution in [1.29, 1.82) is 0 Å². The minimum absolute atomic E-state index is 0.0340. The number of nitrogens with zero attached hydrogens (tertiary/aromatic N) is 1. The molecular weight excluding hydrogens is 691 g/mol. The van der Waals surface area contributed by atoms with E-state index in [-0.39, 0.29) is 9.79 Å². The lowest BCUT2D eigenvalue weighted by atomic mass is 10.2. The minimum Gasteiger partial charge on any atom is -0.490 e. The molecule has 47 heavy (non-hydrogen) atoms. The molecule has 0 saturated carbocycles. The Kier molecular flexibility index (Phi) is 12.6. The zero-order valence-electron chi connectivity index (χ0n) is 24.8. The molecule has 0 fully saturated rings. The fourth-order valence-corrected chi connectivity index (χ4v) is 5.73. The van der Waals surface area contributed by atoms with Crippen LogP contribution in [-0.2, 0) is 20.0 Å². The van der Waals surface area contributed by atoms with E-state index in [4.69, 9.17) is 47.3 Å². The van der Waals surface area contributed by atoms with Gasteiger partial charge in [0.15, 0.2) is 29.3 Å². The Morgan fingerprint density at radius 3 is 1.53 bits per heavy atom. The van der Waals surface area contributed by atoms with Crippen molar-refractivity contribution in [2.45, 2.75) is 22.6 Å². The highest BCUT2D eigenvalue weighted by molar-refractivity contribution is 7.90. The highest BCUT2D eigenvalue weighted by Gasteiger charge is 2.18. The van der Waals surface area contributed by atoms with E-state index < -0.39 is 20.0 Å². The molecule has 4 aromatic carbocycles. The van der Waals surface area contributed by atoms with Crippen LogP contribution in [0.2, 0.25) is 10.0 Å². The van der Waals surface area contributed by atoms with Gasteiger partial charge < -0.3 is 18.9 Å². The topological polar surface area (TPSA) is 161 Å². The van der Waals surface area contributed by atoms with E-state index in [0.717, 1.165) is 19.1 Å². The minimum atomic E-state index is -3.85. The van der Waals surface area contributed by atoms with Crippen LogP contribution in [0.25, 0.3) is 0 Å². The van der Waals surface area contributed by atoms with Crippen LogP contribution in [0.1, 0.15) is 28.8 Å². The van der Waals surface area contributed by atoms with Crippen LogP contribution in [0, 0.1) is 0 Å². The van der Waals surface area contributed by atoms with Crippen molar-refractivity contribution >= 4 is 55.7 Å². The Morgan fingerprint density at radius 2 is 1.06 bits per heavy atom. The first-order chi connectivity index (χ1) is 22.5. The molecule has 2 heterocycles. The summed E-state index contributed by atoms with van der Waals surface area (Å²) < 4.78 is 72.3. The molecule has 0 unspecified atom stereocenters. The van der Waals surface area contributed by atoms with Crippen LogP contribution in [-0.4, -0.2) is 55.8 Å². The third-order valence-corrected chi connectivity index (χ3v) is 9.16. The predicted molar refractivity (Wildman–Crippen MR) is 179 cm³/mol. The van der Waals surface area contributed by atoms with Crippen LogP contribution in [0.3, 0.4) is 0 Å². The summed E-state index contributed by atoms with van der Waals surface area (Å²) in [6, 6.07) is 22.6. The van der Waals surface area contributed by atoms with Gasteiger partial charge in [0.25, 0.3) is 10.0 Å². The summed E-state index contributed by atoms with van der Waals surface area (Å²) in [4.78, 5) is 10.2. The first-order valence-electron chi connectivity index (χ1n) is 14.0. The largest absolute Gasteiger partial charge is 0.490 e. The molecule has 2 aliphatic rings. The maximum absolute atomic E-state index is 12.4. The number of benzene rings is 4. The van der Waals surface area contributed by atoms with E-state index in [0.29, 0.717) is 70.6 Å². The molecule has 0 atom stereocenters. The lowest BCUT2D eigenvalue weighted by Crippen LogP contribution is -2.12. The van der Waals surface area contributed by atoms with Crippen molar-refractivity contribution in [1.82, 2.24) is 0 Å². The van der Waals surface area contributed by atoms with Gasteiger partial charge in [-0.2, -0.15) is 12.8 Å². The SMILES string of the molecule is NS(=O)(=O)c1ccc2c(c1)OCCCO2.O=Cc1ccccc1Cl.O=S(=O)(N=Cc1ccccc1Cl)c1ccc2c(c1)OCCCO2. The monoisotopic (exact) mass is 720 g/mol. The van der Waals surface area contributed by atoms with E-state index in [1.807, 2.05) is 0 Å². The molecule has 0 radical (unpaired) electrons. The van der Waals surface area contributed by atoms with Gasteiger partial charge in [0.1, 0.15) is 0 Å². The fraction of sp³-hybridized carbons (Fsp3) is 0.188. The first-order valence-corrected chi connectivity index (χ1v) is 17.8. The van der Waals surface area contributed by atoms with Gasteiger partial charge in [0.05, 0.1) is 41.2 Å². The van der Waals surface area contributed by atoms with Crippen molar-refractivity contribution in [3.8, 4) is 23.0 Å². The molecule has 0 spiro atoms. The van der Waals surface area contributed by atoms with E-state index in [1.54, 1.807) is 60.7 Å². The predicted octanol–water partition coefficient (Wildman–Crippen LogP) is 5.96. The second-order valence-electron chi connectivity index (χ2n) is 9.73. The molecule has 6 rings (SSSR count). The maximum atomic E-state index is 12.4. The van der Waals surface area contributed by atoms with Crippen LogP contribution < -0.4 is 24.1 Å². The second-order valence-corrected chi connectivity index (χ2v) is 13.7. The number of ether oxygens (including phenoxy) is 4. The van der Waals surface area contributed by atoms with Gasteiger partial charge in [-0.1, -0.05) is 59.6 Å². The highest BCUT2D eigenvalue weighted by atomic mass is 35.5. The van der Waals surface area contributed by atoms with Gasteiger partial charge in [-0.15, -0.1) is 0 Å². The zero-order chi connectivity index (χ0) is 33.9. The number of carbonyl (C=O) groups is 1. The molecule has 0 amide bonds. The molecule has 15 heteroatoms. The van der Waals surface area contributed by atoms with Gasteiger partial charge in [-0.25, -0.2) is 13.6 Å². The summed E-state index contributed by atoms with van der Waals surface area (Å²) in [5.74, 6) is 1.94. The summed E-state index contributed by atoms with van der Waals surface area (Å²) in [6.45, 7) is 2.12. The maximum Gasteiger partial charge on any atom is 0.282 e. The van der Waals surface area contributed by atoms with E-state index >= 15 is 0 Å². The number of sulfonamides is 2. The molecule has 0 bridgehead atoms. The Bertz CT molecular complexity index is 1950. The van der Waals surface area contributed by atoms with Crippen molar-refractivity contribution in [2.24, 2.45) is 9.54 Å². The van der Waals surface area contributed by atoms with Crippen LogP contribution in [0.15, 0.2) is 99.1 Å². The standard InChI is InChI=1S/C16H14ClNO4S.C9H11NO4S.C7H5ClO/c17-14-5-2-1-4-12(14)11-18-23(19,20)13-6-7-15-16(10-13)22-9-3-8-21-15;10-15(11,12)7-2-3-8-9(6-7)14-5-1-4-13-8;8-7-4-2-1-3-6(7)5-9/h1-2,4-7,10-11H,3,8-9H2;2-3,6H,1,4-5H2,(H2,10,11,12);1-5H. The molecule has 0 saturated heterocycles. The van der Waals surface area contributed by atoms with Crippen molar-refractivity contribution in [2.75, 3.05) is 26.4 Å². The van der Waals surface area contributed by atoms with Gasteiger partial charge in [-0.05, 0) is 36.4 Å². The molecular formula is C32H30Cl2N2O9S2. The summed E-state index contributed by atoms with van der Waals surface area (Å²) >= 11 is 11.6. The third kappa shape index (κ3) is 10.4. The first kappa shape index (κ1) is 35.7. The van der Waals surface area contributed by atoms with Crippen molar-refractivity contribution < 1.29 is 40.6 Å². The molecule has 0 aromatic heterocycles. The Hall–Kier alpha value is -4.14. The van der Waals surface area contributed by atoms with Crippen LogP contribution in [0.4, 0.5) is 0 Å².